The number of anilines is 1. The summed E-state index contributed by atoms with van der Waals surface area (Å²) in [6.45, 7) is 0.297. The molecule has 0 atom stereocenters. The Bertz CT molecular complexity index is 668. The van der Waals surface area contributed by atoms with Gasteiger partial charge in [-0.3, -0.25) is 14.9 Å². The number of amides is 1. The molecule has 2 rings (SSSR count). The molecule has 6 heteroatoms. The largest absolute Gasteiger partial charge is 0.399 e. The second-order valence-electron chi connectivity index (χ2n) is 4.71. The van der Waals surface area contributed by atoms with E-state index in [2.05, 4.69) is 0 Å². The number of carbonyl (C=O) groups excluding carboxylic acids is 1. The summed E-state index contributed by atoms with van der Waals surface area (Å²) >= 11 is 0. The van der Waals surface area contributed by atoms with Gasteiger partial charge in [-0.15, -0.1) is 0 Å². The van der Waals surface area contributed by atoms with Crippen LogP contribution < -0.4 is 5.73 Å². The fraction of sp³-hybridized carbons (Fsp3) is 0.133. The maximum atomic E-state index is 12.2. The van der Waals surface area contributed by atoms with Gasteiger partial charge in [-0.25, -0.2) is 0 Å². The predicted octanol–water partition coefficient (Wildman–Crippen LogP) is 2.45. The Morgan fingerprint density at radius 1 is 1.24 bits per heavy atom. The van der Waals surface area contributed by atoms with Gasteiger partial charge in [0, 0.05) is 37.0 Å². The third-order valence-corrected chi connectivity index (χ3v) is 3.05. The highest BCUT2D eigenvalue weighted by molar-refractivity contribution is 5.94. The zero-order chi connectivity index (χ0) is 15.4. The summed E-state index contributed by atoms with van der Waals surface area (Å²) in [5, 5.41) is 10.7. The molecule has 0 radical (unpaired) electrons. The number of nitrogen functional groups attached to an aromatic ring is 1. The van der Waals surface area contributed by atoms with Gasteiger partial charge in [0.25, 0.3) is 11.6 Å². The standard InChI is InChI=1S/C15H15N3O3/c1-17(15(19)12-5-7-13(16)8-6-12)10-11-3-2-4-14(9-11)18(20)21/h2-9H,10,16H2,1H3. The van der Waals surface area contributed by atoms with Crippen LogP contribution in [0.15, 0.2) is 48.5 Å². The van der Waals surface area contributed by atoms with E-state index in [-0.39, 0.29) is 11.6 Å². The lowest BCUT2D eigenvalue weighted by Crippen LogP contribution is -2.26. The maximum absolute atomic E-state index is 12.2. The van der Waals surface area contributed by atoms with Crippen molar-refractivity contribution >= 4 is 17.3 Å². The number of carbonyl (C=O) groups is 1. The second kappa shape index (κ2) is 6.04. The van der Waals surface area contributed by atoms with Crippen LogP contribution >= 0.6 is 0 Å². The molecule has 6 nitrogen and oxygen atoms in total. The Kier molecular flexibility index (Phi) is 4.18. The van der Waals surface area contributed by atoms with Crippen LogP contribution in [0.3, 0.4) is 0 Å². The fourth-order valence-corrected chi connectivity index (χ4v) is 1.96. The SMILES string of the molecule is CN(Cc1cccc([N+](=O)[O-])c1)C(=O)c1ccc(N)cc1. The molecular formula is C15H15N3O3. The average molecular weight is 285 g/mol. The molecule has 21 heavy (non-hydrogen) atoms. The lowest BCUT2D eigenvalue weighted by molar-refractivity contribution is -0.384. The third-order valence-electron chi connectivity index (χ3n) is 3.05. The van der Waals surface area contributed by atoms with Crippen LogP contribution in [-0.4, -0.2) is 22.8 Å². The number of benzene rings is 2. The molecule has 0 aliphatic rings. The van der Waals surface area contributed by atoms with Gasteiger partial charge in [-0.05, 0) is 29.8 Å². The molecule has 0 aliphatic heterocycles. The number of hydrogen-bond donors (Lipinski definition) is 1. The van der Waals surface area contributed by atoms with E-state index >= 15 is 0 Å². The van der Waals surface area contributed by atoms with E-state index in [1.807, 2.05) is 0 Å². The summed E-state index contributed by atoms with van der Waals surface area (Å²) in [4.78, 5) is 24.0. The number of nitrogens with two attached hydrogens (primary N) is 1. The fourth-order valence-electron chi connectivity index (χ4n) is 1.96. The van der Waals surface area contributed by atoms with Crippen LogP contribution in [-0.2, 0) is 6.54 Å². The van der Waals surface area contributed by atoms with Crippen LogP contribution in [0.1, 0.15) is 15.9 Å². The highest BCUT2D eigenvalue weighted by atomic mass is 16.6. The molecule has 2 N–H and O–H groups in total. The van der Waals surface area contributed by atoms with Crippen molar-refractivity contribution in [2.24, 2.45) is 0 Å². The highest BCUT2D eigenvalue weighted by Gasteiger charge is 2.13. The van der Waals surface area contributed by atoms with E-state index in [4.69, 9.17) is 5.73 Å². The smallest absolute Gasteiger partial charge is 0.269 e. The minimum absolute atomic E-state index is 0.0147. The molecule has 0 heterocycles. The van der Waals surface area contributed by atoms with Gasteiger partial charge in [-0.2, -0.15) is 0 Å². The quantitative estimate of drug-likeness (QED) is 0.531. The highest BCUT2D eigenvalue weighted by Crippen LogP contribution is 2.15. The molecule has 0 unspecified atom stereocenters. The molecule has 0 saturated carbocycles. The van der Waals surface area contributed by atoms with Crippen LogP contribution in [0.4, 0.5) is 11.4 Å². The van der Waals surface area contributed by atoms with E-state index in [0.717, 1.165) is 0 Å². The molecular weight excluding hydrogens is 270 g/mol. The molecule has 0 fully saturated rings. The van der Waals surface area contributed by atoms with Gasteiger partial charge < -0.3 is 10.6 Å². The minimum Gasteiger partial charge on any atom is -0.399 e. The number of hydrogen-bond acceptors (Lipinski definition) is 4. The predicted molar refractivity (Wildman–Crippen MR) is 79.7 cm³/mol. The van der Waals surface area contributed by atoms with E-state index < -0.39 is 4.92 Å². The third kappa shape index (κ3) is 3.56. The molecule has 0 aliphatic carbocycles. The first kappa shape index (κ1) is 14.5. The van der Waals surface area contributed by atoms with Crippen LogP contribution in [0.5, 0.6) is 0 Å². The van der Waals surface area contributed by atoms with E-state index in [1.165, 1.54) is 17.0 Å². The summed E-state index contributed by atoms with van der Waals surface area (Å²) in [6, 6.07) is 12.9. The van der Waals surface area contributed by atoms with Gasteiger partial charge in [0.2, 0.25) is 0 Å². The summed E-state index contributed by atoms with van der Waals surface area (Å²) in [7, 11) is 1.65. The van der Waals surface area contributed by atoms with Crippen molar-refractivity contribution in [2.75, 3.05) is 12.8 Å². The maximum Gasteiger partial charge on any atom is 0.269 e. The summed E-state index contributed by atoms with van der Waals surface area (Å²) in [6.07, 6.45) is 0. The number of rotatable bonds is 4. The summed E-state index contributed by atoms with van der Waals surface area (Å²) in [5.41, 5.74) is 7.42. The zero-order valence-corrected chi connectivity index (χ0v) is 11.5. The molecule has 0 saturated heterocycles. The average Bonchev–Trinajstić information content (AvgIpc) is 2.47. The van der Waals surface area contributed by atoms with Crippen LogP contribution in [0.2, 0.25) is 0 Å². The van der Waals surface area contributed by atoms with Crippen molar-refractivity contribution in [3.8, 4) is 0 Å². The van der Waals surface area contributed by atoms with Crippen LogP contribution in [0, 0.1) is 10.1 Å². The van der Waals surface area contributed by atoms with Crippen molar-refractivity contribution in [1.29, 1.82) is 0 Å². The molecule has 0 spiro atoms. The number of nitro benzene ring substituents is 1. The van der Waals surface area contributed by atoms with Crippen molar-refractivity contribution < 1.29 is 9.72 Å². The molecule has 2 aromatic rings. The van der Waals surface area contributed by atoms with E-state index in [9.17, 15) is 14.9 Å². The second-order valence-corrected chi connectivity index (χ2v) is 4.71. The molecule has 1 amide bonds. The number of nitro groups is 1. The number of non-ortho nitro benzene ring substituents is 1. The normalized spacial score (nSPS) is 10.1. The van der Waals surface area contributed by atoms with Crippen molar-refractivity contribution in [2.45, 2.75) is 6.54 Å². The van der Waals surface area contributed by atoms with Gasteiger partial charge in [0.1, 0.15) is 0 Å². The first-order valence-electron chi connectivity index (χ1n) is 6.31. The topological polar surface area (TPSA) is 89.5 Å². The van der Waals surface area contributed by atoms with Gasteiger partial charge in [-0.1, -0.05) is 12.1 Å². The van der Waals surface area contributed by atoms with Gasteiger partial charge in [0.15, 0.2) is 0 Å². The molecule has 0 aromatic heterocycles. The molecule has 2 aromatic carbocycles. The first-order chi connectivity index (χ1) is 9.97. The lowest BCUT2D eigenvalue weighted by Gasteiger charge is -2.17. The molecule has 0 bridgehead atoms. The number of nitrogens with zero attached hydrogens (tertiary/aromatic N) is 2. The van der Waals surface area contributed by atoms with Crippen molar-refractivity contribution in [3.63, 3.8) is 0 Å². The van der Waals surface area contributed by atoms with Gasteiger partial charge >= 0.3 is 0 Å². The van der Waals surface area contributed by atoms with Gasteiger partial charge in [0.05, 0.1) is 4.92 Å². The molecule has 108 valence electrons. The Morgan fingerprint density at radius 3 is 2.52 bits per heavy atom. The first-order valence-corrected chi connectivity index (χ1v) is 6.31. The van der Waals surface area contributed by atoms with E-state index in [0.29, 0.717) is 23.4 Å². The van der Waals surface area contributed by atoms with Crippen LogP contribution in [0.25, 0.3) is 0 Å². The Balaban J connectivity index is 2.12. The van der Waals surface area contributed by atoms with Crippen molar-refractivity contribution in [3.05, 3.63) is 69.8 Å². The Hall–Kier alpha value is -2.89. The summed E-state index contributed by atoms with van der Waals surface area (Å²) in [5.74, 6) is -0.165. The Morgan fingerprint density at radius 2 is 1.90 bits per heavy atom. The summed E-state index contributed by atoms with van der Waals surface area (Å²) < 4.78 is 0. The van der Waals surface area contributed by atoms with Crippen molar-refractivity contribution in [1.82, 2.24) is 4.90 Å². The lowest BCUT2D eigenvalue weighted by atomic mass is 10.1. The monoisotopic (exact) mass is 285 g/mol. The zero-order valence-electron chi connectivity index (χ0n) is 11.5. The Labute approximate surface area is 121 Å². The van der Waals surface area contributed by atoms with E-state index in [1.54, 1.807) is 43.4 Å². The minimum atomic E-state index is -0.453.